The third-order valence-corrected chi connectivity index (χ3v) is 10.6. The molecule has 3 heterocycles. The maximum absolute atomic E-state index is 12.3. The van der Waals surface area contributed by atoms with Gasteiger partial charge >= 0.3 is 5.97 Å². The van der Waals surface area contributed by atoms with E-state index in [4.69, 9.17) is 29.8 Å². The first kappa shape index (κ1) is 39.0. The van der Waals surface area contributed by atoms with Gasteiger partial charge in [-0.05, 0) is 98.9 Å². The third kappa shape index (κ3) is 9.41. The molecular formula is C38H53N3O11. The molecule has 0 radical (unpaired) electrons. The molecule has 2 saturated heterocycles. The number of rotatable bonds is 16. The smallest absolute Gasteiger partial charge is 0.303 e. The fraction of sp³-hybridized carbons (Fsp3) is 0.553. The van der Waals surface area contributed by atoms with E-state index >= 15 is 0 Å². The average molecular weight is 728 g/mol. The van der Waals surface area contributed by atoms with Crippen molar-refractivity contribution in [1.82, 2.24) is 10.6 Å². The van der Waals surface area contributed by atoms with Gasteiger partial charge in [0.25, 0.3) is 0 Å². The van der Waals surface area contributed by atoms with Crippen LogP contribution < -0.4 is 30.6 Å². The Bertz CT molecular complexity index is 1600. The second kappa shape index (κ2) is 17.5. The van der Waals surface area contributed by atoms with Crippen LogP contribution in [0.3, 0.4) is 0 Å². The molecular weight excluding hydrogens is 674 g/mol. The predicted molar refractivity (Wildman–Crippen MR) is 191 cm³/mol. The molecule has 0 saturated carbocycles. The zero-order valence-electron chi connectivity index (χ0n) is 29.8. The Kier molecular flexibility index (Phi) is 13.2. The average Bonchev–Trinajstić information content (AvgIpc) is 3.10. The van der Waals surface area contributed by atoms with E-state index in [2.05, 4.69) is 10.6 Å². The lowest BCUT2D eigenvalue weighted by atomic mass is 9.66. The van der Waals surface area contributed by atoms with Crippen molar-refractivity contribution in [2.75, 3.05) is 33.7 Å². The number of dihydropyridines is 1. The molecule has 286 valence electrons. The number of ether oxygens (including phenoxy) is 4. The zero-order chi connectivity index (χ0) is 37.4. The van der Waals surface area contributed by atoms with Gasteiger partial charge in [-0.3, -0.25) is 4.79 Å². The number of piperidine rings is 1. The molecule has 7 atom stereocenters. The van der Waals surface area contributed by atoms with E-state index < -0.39 is 42.3 Å². The molecule has 2 fully saturated rings. The Morgan fingerprint density at radius 2 is 1.88 bits per heavy atom. The summed E-state index contributed by atoms with van der Waals surface area (Å²) >= 11 is 0. The number of nitrogens with two attached hydrogens (primary N) is 1. The van der Waals surface area contributed by atoms with Gasteiger partial charge in [0.1, 0.15) is 6.61 Å². The van der Waals surface area contributed by atoms with Gasteiger partial charge in [0, 0.05) is 36.6 Å². The Balaban J connectivity index is 1.40. The summed E-state index contributed by atoms with van der Waals surface area (Å²) in [6, 6.07) is 7.90. The number of methoxy groups -OCH3 is 1. The molecule has 0 spiro atoms. The van der Waals surface area contributed by atoms with E-state index in [-0.39, 0.29) is 66.9 Å². The molecule has 2 aromatic carbocycles. The number of benzene rings is 2. The minimum atomic E-state index is -0.916. The first-order valence-electron chi connectivity index (χ1n) is 17.9. The number of hydrogen-bond acceptors (Lipinski definition) is 13. The number of allylic oxidation sites excluding steroid dienone is 2. The van der Waals surface area contributed by atoms with Gasteiger partial charge in [0.2, 0.25) is 5.75 Å². The van der Waals surface area contributed by atoms with Crippen molar-refractivity contribution in [1.29, 1.82) is 0 Å². The van der Waals surface area contributed by atoms with Crippen LogP contribution in [0.5, 0.6) is 28.7 Å². The maximum atomic E-state index is 12.3. The summed E-state index contributed by atoms with van der Waals surface area (Å²) in [4.78, 5) is 12.3. The Morgan fingerprint density at radius 1 is 1.10 bits per heavy atom. The van der Waals surface area contributed by atoms with E-state index in [9.17, 15) is 30.3 Å². The van der Waals surface area contributed by atoms with Gasteiger partial charge in [-0.1, -0.05) is 12.1 Å². The Morgan fingerprint density at radius 3 is 2.60 bits per heavy atom. The normalized spacial score (nSPS) is 27.6. The number of aromatic hydroxyl groups is 2. The lowest BCUT2D eigenvalue weighted by molar-refractivity contribution is -0.144. The number of carboxylic acids is 1. The molecule has 3 aliphatic heterocycles. The van der Waals surface area contributed by atoms with Crippen molar-refractivity contribution in [2.45, 2.75) is 88.7 Å². The second-order valence-corrected chi connectivity index (χ2v) is 14.2. The fourth-order valence-electron chi connectivity index (χ4n) is 7.88. The molecule has 0 amide bonds. The van der Waals surface area contributed by atoms with Gasteiger partial charge in [0.15, 0.2) is 29.8 Å². The summed E-state index contributed by atoms with van der Waals surface area (Å²) in [7, 11) is 1.42. The highest BCUT2D eigenvalue weighted by Gasteiger charge is 2.45. The highest BCUT2D eigenvalue weighted by Crippen LogP contribution is 2.47. The van der Waals surface area contributed by atoms with Gasteiger partial charge in [-0.2, -0.15) is 0 Å². The minimum absolute atomic E-state index is 0.0496. The molecule has 0 aromatic heterocycles. The summed E-state index contributed by atoms with van der Waals surface area (Å²) in [5, 5.41) is 68.3. The van der Waals surface area contributed by atoms with Crippen molar-refractivity contribution in [3.8, 4) is 28.7 Å². The number of phenolic OH excluding ortho intramolecular Hbond substituents is 2. The zero-order valence-corrected chi connectivity index (χ0v) is 29.8. The van der Waals surface area contributed by atoms with Gasteiger partial charge in [-0.25, -0.2) is 0 Å². The minimum Gasteiger partial charge on any atom is -0.504 e. The standard InChI is InChI=1S/C38H53N3O11/c1-22-7-10-38(19-35(46)47,18-24-8-11-40-34(39)14-24)33(41-22)20-50-32-16-25(15-31(49-2)36(32)48)37-27(9-12-42)29(45)17-26(52-37)5-3-23-4-6-28(44)30(13-23)51-21-43/h4,6,8,13-16,22,26-27,29,33,37,40-45,48H,3,5,7,9-12,17-21,39H2,1-2H3,(H,46,47). The van der Waals surface area contributed by atoms with Crippen LogP contribution >= 0.6 is 0 Å². The van der Waals surface area contributed by atoms with Crippen LogP contribution in [0.25, 0.3) is 0 Å². The van der Waals surface area contributed by atoms with E-state index in [0.717, 1.165) is 17.6 Å². The highest BCUT2D eigenvalue weighted by atomic mass is 16.6. The first-order valence-corrected chi connectivity index (χ1v) is 17.9. The summed E-state index contributed by atoms with van der Waals surface area (Å²) in [6.45, 7) is 1.91. The van der Waals surface area contributed by atoms with Crippen LogP contribution in [0.2, 0.25) is 0 Å². The van der Waals surface area contributed by atoms with Crippen LogP contribution in [-0.4, -0.2) is 94.6 Å². The first-order chi connectivity index (χ1) is 24.9. The topological polar surface area (TPSA) is 225 Å². The lowest BCUT2D eigenvalue weighted by Crippen LogP contribution is -2.57. The van der Waals surface area contributed by atoms with Crippen LogP contribution in [0.15, 0.2) is 53.9 Å². The Hall–Kier alpha value is -4.21. The van der Waals surface area contributed by atoms with Gasteiger partial charge in [-0.15, -0.1) is 0 Å². The summed E-state index contributed by atoms with van der Waals surface area (Å²) in [5.74, 6) is -0.749. The van der Waals surface area contributed by atoms with Gasteiger partial charge in [0.05, 0.1) is 37.7 Å². The van der Waals surface area contributed by atoms with Crippen molar-refractivity contribution in [3.63, 3.8) is 0 Å². The molecule has 3 aliphatic rings. The van der Waals surface area contributed by atoms with Crippen LogP contribution in [0.4, 0.5) is 0 Å². The molecule has 52 heavy (non-hydrogen) atoms. The van der Waals surface area contributed by atoms with E-state index in [1.165, 1.54) is 13.2 Å². The SMILES string of the molecule is COc1cc(C2OC(CCc3ccc(O)c(OCO)c3)CC(O)C2CCO)cc(OCC2NC(C)CCC2(CC(=O)O)CC2=CCNC(N)=C2)c1O. The predicted octanol–water partition coefficient (Wildman–Crippen LogP) is 2.96. The number of aliphatic hydroxyl groups is 3. The number of aryl methyl sites for hydroxylation is 1. The monoisotopic (exact) mass is 727 g/mol. The van der Waals surface area contributed by atoms with Crippen molar-refractivity contribution >= 4 is 5.97 Å². The van der Waals surface area contributed by atoms with Crippen molar-refractivity contribution in [3.05, 3.63) is 65.0 Å². The van der Waals surface area contributed by atoms with Crippen LogP contribution in [0.1, 0.15) is 69.1 Å². The fourth-order valence-corrected chi connectivity index (χ4v) is 7.88. The maximum Gasteiger partial charge on any atom is 0.303 e. The molecule has 10 N–H and O–H groups in total. The number of aliphatic carboxylic acids is 1. The summed E-state index contributed by atoms with van der Waals surface area (Å²) in [6.07, 6.45) is 5.45. The second-order valence-electron chi connectivity index (χ2n) is 14.2. The molecule has 2 aromatic rings. The largest absolute Gasteiger partial charge is 0.504 e. The number of hydrogen-bond donors (Lipinski definition) is 9. The number of nitrogens with one attached hydrogen (secondary N) is 2. The van der Waals surface area contributed by atoms with Crippen molar-refractivity contribution in [2.24, 2.45) is 17.1 Å². The van der Waals surface area contributed by atoms with Crippen LogP contribution in [-0.2, 0) is 16.0 Å². The number of carboxylic acid groups (broad SMARTS) is 1. The number of phenols is 2. The molecule has 0 aliphatic carbocycles. The molecule has 14 heteroatoms. The Labute approximate surface area is 303 Å². The van der Waals surface area contributed by atoms with Gasteiger partial charge < -0.3 is 66.0 Å². The number of carbonyl (C=O) groups is 1. The van der Waals surface area contributed by atoms with E-state index in [0.29, 0.717) is 50.0 Å². The molecule has 0 bridgehead atoms. The van der Waals surface area contributed by atoms with E-state index in [1.54, 1.807) is 24.3 Å². The quantitative estimate of drug-likeness (QED) is 0.113. The molecule has 5 rings (SSSR count). The molecule has 7 unspecified atom stereocenters. The summed E-state index contributed by atoms with van der Waals surface area (Å²) < 4.78 is 23.6. The van der Waals surface area contributed by atoms with Crippen LogP contribution in [0, 0.1) is 11.3 Å². The number of aliphatic hydroxyl groups excluding tert-OH is 3. The lowest BCUT2D eigenvalue weighted by Gasteiger charge is -2.46. The van der Waals surface area contributed by atoms with E-state index in [1.807, 2.05) is 19.1 Å². The summed E-state index contributed by atoms with van der Waals surface area (Å²) in [5.41, 5.74) is 7.72. The molecule has 14 nitrogen and oxygen atoms in total. The highest BCUT2D eigenvalue weighted by molar-refractivity contribution is 5.68. The third-order valence-electron chi connectivity index (χ3n) is 10.6. The van der Waals surface area contributed by atoms with Crippen molar-refractivity contribution < 1.29 is 54.4 Å².